The highest BCUT2D eigenvalue weighted by Crippen LogP contribution is 2.15. The topological polar surface area (TPSA) is 96.7 Å². The first-order valence-electron chi connectivity index (χ1n) is 5.16. The predicted molar refractivity (Wildman–Crippen MR) is 58.6 cm³/mol. The fraction of sp³-hybridized carbons (Fsp3) is 0.364. The van der Waals surface area contributed by atoms with Crippen molar-refractivity contribution in [3.8, 4) is 5.75 Å². The SMILES string of the molecule is CCCCOc1cc(C(=O)O)nc(C(=O)O)c1. The molecule has 17 heavy (non-hydrogen) atoms. The third kappa shape index (κ3) is 3.75. The normalized spacial score (nSPS) is 9.94. The van der Waals surface area contributed by atoms with Gasteiger partial charge in [-0.25, -0.2) is 14.6 Å². The van der Waals surface area contributed by atoms with Crippen molar-refractivity contribution < 1.29 is 24.5 Å². The van der Waals surface area contributed by atoms with Crippen LogP contribution in [0.1, 0.15) is 40.7 Å². The Morgan fingerprint density at radius 1 is 1.24 bits per heavy atom. The second-order valence-electron chi connectivity index (χ2n) is 3.39. The maximum absolute atomic E-state index is 10.7. The first kappa shape index (κ1) is 13.0. The number of unbranched alkanes of at least 4 members (excludes halogenated alkanes) is 1. The van der Waals surface area contributed by atoms with Crippen molar-refractivity contribution in [2.75, 3.05) is 6.61 Å². The quantitative estimate of drug-likeness (QED) is 0.733. The third-order valence-corrected chi connectivity index (χ3v) is 2.00. The van der Waals surface area contributed by atoms with Crippen LogP contribution in [0.15, 0.2) is 12.1 Å². The minimum absolute atomic E-state index is 0.211. The average molecular weight is 239 g/mol. The van der Waals surface area contributed by atoms with Gasteiger partial charge >= 0.3 is 11.9 Å². The standard InChI is InChI=1S/C11H13NO5/c1-2-3-4-17-7-5-8(10(13)14)12-9(6-7)11(15)16/h5-6H,2-4H2,1H3,(H,13,14)(H,15,16). The molecule has 6 nitrogen and oxygen atoms in total. The summed E-state index contributed by atoms with van der Waals surface area (Å²) in [5, 5.41) is 17.6. The maximum atomic E-state index is 10.7. The van der Waals surface area contributed by atoms with E-state index in [0.29, 0.717) is 6.61 Å². The molecule has 0 aliphatic carbocycles. The fourth-order valence-corrected chi connectivity index (χ4v) is 1.14. The summed E-state index contributed by atoms with van der Waals surface area (Å²) in [6, 6.07) is 2.43. The van der Waals surface area contributed by atoms with Gasteiger partial charge in [-0.2, -0.15) is 0 Å². The minimum atomic E-state index is -1.28. The van der Waals surface area contributed by atoms with Gasteiger partial charge in [0.2, 0.25) is 0 Å². The fourth-order valence-electron chi connectivity index (χ4n) is 1.14. The summed E-state index contributed by atoms with van der Waals surface area (Å²) >= 11 is 0. The Hall–Kier alpha value is -2.11. The molecule has 1 rings (SSSR count). The van der Waals surface area contributed by atoms with E-state index >= 15 is 0 Å². The smallest absolute Gasteiger partial charge is 0.354 e. The van der Waals surface area contributed by atoms with E-state index in [-0.39, 0.29) is 17.1 Å². The van der Waals surface area contributed by atoms with Crippen LogP contribution >= 0.6 is 0 Å². The molecule has 6 heteroatoms. The van der Waals surface area contributed by atoms with Crippen molar-refractivity contribution in [1.82, 2.24) is 4.98 Å². The third-order valence-electron chi connectivity index (χ3n) is 2.00. The highest BCUT2D eigenvalue weighted by molar-refractivity contribution is 5.90. The summed E-state index contributed by atoms with van der Waals surface area (Å²) in [5.74, 6) is -2.36. The van der Waals surface area contributed by atoms with Crippen LogP contribution in [0, 0.1) is 0 Å². The molecule has 1 heterocycles. The number of carboxylic acid groups (broad SMARTS) is 2. The molecule has 0 saturated carbocycles. The van der Waals surface area contributed by atoms with Crippen LogP contribution in [0.2, 0.25) is 0 Å². The molecule has 1 aromatic heterocycles. The maximum Gasteiger partial charge on any atom is 0.354 e. The van der Waals surface area contributed by atoms with Gasteiger partial charge in [-0.05, 0) is 6.42 Å². The van der Waals surface area contributed by atoms with E-state index in [2.05, 4.69) is 4.98 Å². The van der Waals surface area contributed by atoms with E-state index in [4.69, 9.17) is 14.9 Å². The van der Waals surface area contributed by atoms with E-state index in [1.54, 1.807) is 0 Å². The van der Waals surface area contributed by atoms with Crippen LogP contribution in [0.4, 0.5) is 0 Å². The zero-order chi connectivity index (χ0) is 12.8. The Bertz CT molecular complexity index is 398. The molecule has 0 aromatic carbocycles. The highest BCUT2D eigenvalue weighted by atomic mass is 16.5. The molecule has 0 bridgehead atoms. The number of pyridine rings is 1. The number of rotatable bonds is 6. The Kier molecular flexibility index (Phi) is 4.45. The zero-order valence-electron chi connectivity index (χ0n) is 9.34. The van der Waals surface area contributed by atoms with E-state index in [1.807, 2.05) is 6.92 Å². The van der Waals surface area contributed by atoms with Crippen molar-refractivity contribution in [2.24, 2.45) is 0 Å². The molecule has 0 radical (unpaired) electrons. The van der Waals surface area contributed by atoms with E-state index in [0.717, 1.165) is 12.8 Å². The second-order valence-corrected chi connectivity index (χ2v) is 3.39. The molecule has 0 spiro atoms. The Morgan fingerprint density at radius 3 is 2.18 bits per heavy atom. The Balaban J connectivity index is 2.95. The van der Waals surface area contributed by atoms with Gasteiger partial charge in [-0.3, -0.25) is 0 Å². The number of carboxylic acids is 2. The molecule has 1 aromatic rings. The van der Waals surface area contributed by atoms with Gasteiger partial charge in [0, 0.05) is 12.1 Å². The van der Waals surface area contributed by atoms with E-state index in [1.165, 1.54) is 12.1 Å². The lowest BCUT2D eigenvalue weighted by molar-refractivity contribution is 0.0684. The first-order chi connectivity index (χ1) is 8.04. The van der Waals surface area contributed by atoms with Crippen LogP contribution in [-0.4, -0.2) is 33.7 Å². The number of nitrogens with zero attached hydrogens (tertiary/aromatic N) is 1. The molecule has 0 unspecified atom stereocenters. The largest absolute Gasteiger partial charge is 0.493 e. The summed E-state index contributed by atoms with van der Waals surface area (Å²) in [7, 11) is 0. The molecular formula is C11H13NO5. The molecule has 0 amide bonds. The van der Waals surface area contributed by atoms with Gasteiger partial charge in [-0.1, -0.05) is 13.3 Å². The van der Waals surface area contributed by atoms with Crippen molar-refractivity contribution in [2.45, 2.75) is 19.8 Å². The number of aromatic carboxylic acids is 2. The Labute approximate surface area is 97.9 Å². The van der Waals surface area contributed by atoms with Gasteiger partial charge < -0.3 is 14.9 Å². The molecule has 0 atom stereocenters. The summed E-state index contributed by atoms with van der Waals surface area (Å²) in [6.07, 6.45) is 1.75. The van der Waals surface area contributed by atoms with Crippen LogP contribution in [0.5, 0.6) is 5.75 Å². The molecule has 0 aliphatic heterocycles. The van der Waals surface area contributed by atoms with E-state index in [9.17, 15) is 9.59 Å². The summed E-state index contributed by atoms with van der Waals surface area (Å²) in [5.41, 5.74) is -0.673. The van der Waals surface area contributed by atoms with Crippen molar-refractivity contribution >= 4 is 11.9 Å². The van der Waals surface area contributed by atoms with Crippen molar-refractivity contribution in [1.29, 1.82) is 0 Å². The monoisotopic (exact) mass is 239 g/mol. The van der Waals surface area contributed by atoms with Crippen molar-refractivity contribution in [3.63, 3.8) is 0 Å². The average Bonchev–Trinajstić information content (AvgIpc) is 2.29. The molecule has 0 fully saturated rings. The predicted octanol–water partition coefficient (Wildman–Crippen LogP) is 1.66. The summed E-state index contributed by atoms with van der Waals surface area (Å²) < 4.78 is 5.26. The van der Waals surface area contributed by atoms with E-state index < -0.39 is 11.9 Å². The molecule has 0 saturated heterocycles. The minimum Gasteiger partial charge on any atom is -0.493 e. The van der Waals surface area contributed by atoms with Gasteiger partial charge in [-0.15, -0.1) is 0 Å². The van der Waals surface area contributed by atoms with Gasteiger partial charge in [0.25, 0.3) is 0 Å². The number of ether oxygens (including phenoxy) is 1. The Morgan fingerprint density at radius 2 is 1.76 bits per heavy atom. The van der Waals surface area contributed by atoms with Crippen LogP contribution in [0.3, 0.4) is 0 Å². The number of aromatic nitrogens is 1. The van der Waals surface area contributed by atoms with Gasteiger partial charge in [0.15, 0.2) is 11.4 Å². The lowest BCUT2D eigenvalue weighted by atomic mass is 10.2. The molecule has 2 N–H and O–H groups in total. The highest BCUT2D eigenvalue weighted by Gasteiger charge is 2.13. The first-order valence-corrected chi connectivity index (χ1v) is 5.16. The summed E-state index contributed by atoms with van der Waals surface area (Å²) in [6.45, 7) is 2.40. The van der Waals surface area contributed by atoms with Crippen LogP contribution in [-0.2, 0) is 0 Å². The number of carbonyl (C=O) groups is 2. The van der Waals surface area contributed by atoms with Crippen LogP contribution in [0.25, 0.3) is 0 Å². The zero-order valence-corrected chi connectivity index (χ0v) is 9.34. The van der Waals surface area contributed by atoms with Crippen molar-refractivity contribution in [3.05, 3.63) is 23.5 Å². The molecular weight excluding hydrogens is 226 g/mol. The van der Waals surface area contributed by atoms with Gasteiger partial charge in [0.05, 0.1) is 6.61 Å². The molecule has 92 valence electrons. The number of hydrogen-bond donors (Lipinski definition) is 2. The molecule has 0 aliphatic rings. The van der Waals surface area contributed by atoms with Crippen LogP contribution < -0.4 is 4.74 Å². The number of hydrogen-bond acceptors (Lipinski definition) is 4. The lowest BCUT2D eigenvalue weighted by Crippen LogP contribution is -2.09. The summed E-state index contributed by atoms with van der Waals surface area (Å²) in [4.78, 5) is 25.0. The lowest BCUT2D eigenvalue weighted by Gasteiger charge is -2.06. The van der Waals surface area contributed by atoms with Gasteiger partial charge in [0.1, 0.15) is 5.75 Å². The second kappa shape index (κ2) is 5.83.